The van der Waals surface area contributed by atoms with Crippen LogP contribution in [0.25, 0.3) is 11.1 Å². The monoisotopic (exact) mass is 792 g/mol. The third-order valence-electron chi connectivity index (χ3n) is 8.72. The van der Waals surface area contributed by atoms with Crippen molar-refractivity contribution in [2.75, 3.05) is 14.2 Å². The Morgan fingerprint density at radius 3 is 1.84 bits per heavy atom. The number of benzene rings is 4. The Bertz CT molecular complexity index is 1960. The Hall–Kier alpha value is -5.03. The number of quaternary nitrogens is 2. The standard InChI is InChI=1S/C38H36F10N2O5/c1-19(2)28-15-29(32(52-4)16-30(28)39)27-8-7-24(36(40,41)42)13-23(27)18-50-20(3)34(22-11-25(37(43,44)45)14-26(12-22)38(46,47)48)55-35(51)54-31-9-6-21(17-49)10-33(31)53-5/h6-16,19-20,34,50H,17-18,49H2,1-5H3/p+2/t20-,34-/m0/s1. The van der Waals surface area contributed by atoms with Crippen molar-refractivity contribution >= 4 is 6.16 Å². The van der Waals surface area contributed by atoms with Gasteiger partial charge in [-0.05, 0) is 84.1 Å². The topological polar surface area (TPSA) is 98.2 Å². The summed E-state index contributed by atoms with van der Waals surface area (Å²) in [6.07, 6.45) is -18.8. The number of ether oxygens (including phenoxy) is 4. The van der Waals surface area contributed by atoms with Crippen LogP contribution < -0.4 is 25.3 Å². The molecule has 0 saturated heterocycles. The fraction of sp³-hybridized carbons (Fsp3) is 0.342. The number of carbonyl (C=O) groups is 1. The van der Waals surface area contributed by atoms with Crippen molar-refractivity contribution in [3.63, 3.8) is 0 Å². The van der Waals surface area contributed by atoms with Gasteiger partial charge in [0.05, 0.1) is 37.5 Å². The smallest absolute Gasteiger partial charge is 0.496 e. The van der Waals surface area contributed by atoms with Crippen molar-refractivity contribution in [1.82, 2.24) is 0 Å². The van der Waals surface area contributed by atoms with Crippen molar-refractivity contribution in [2.24, 2.45) is 0 Å². The molecule has 0 aliphatic rings. The summed E-state index contributed by atoms with van der Waals surface area (Å²) in [5, 5.41) is 1.27. The maximum atomic E-state index is 14.9. The van der Waals surface area contributed by atoms with Crippen molar-refractivity contribution in [3.8, 4) is 28.4 Å². The van der Waals surface area contributed by atoms with Crippen LogP contribution in [0.5, 0.6) is 17.2 Å². The van der Waals surface area contributed by atoms with E-state index in [1.54, 1.807) is 13.8 Å². The summed E-state index contributed by atoms with van der Waals surface area (Å²) < 4.78 is 162. The van der Waals surface area contributed by atoms with E-state index in [1.807, 2.05) is 0 Å². The van der Waals surface area contributed by atoms with Crippen molar-refractivity contribution in [2.45, 2.75) is 70.5 Å². The molecule has 7 nitrogen and oxygen atoms in total. The highest BCUT2D eigenvalue weighted by molar-refractivity contribution is 5.75. The van der Waals surface area contributed by atoms with E-state index in [9.17, 15) is 48.7 Å². The minimum absolute atomic E-state index is 0.0118. The molecule has 5 N–H and O–H groups in total. The van der Waals surface area contributed by atoms with Crippen LogP contribution >= 0.6 is 0 Å². The van der Waals surface area contributed by atoms with Crippen molar-refractivity contribution in [3.05, 3.63) is 111 Å². The van der Waals surface area contributed by atoms with Crippen molar-refractivity contribution < 1.29 is 78.7 Å². The van der Waals surface area contributed by atoms with Gasteiger partial charge in [0.25, 0.3) is 0 Å². The van der Waals surface area contributed by atoms with E-state index in [-0.39, 0.29) is 51.5 Å². The number of nitrogens with two attached hydrogens (primary N) is 1. The van der Waals surface area contributed by atoms with Crippen LogP contribution in [0.4, 0.5) is 48.7 Å². The van der Waals surface area contributed by atoms with Crippen LogP contribution in [0.3, 0.4) is 0 Å². The molecule has 0 aliphatic heterocycles. The minimum Gasteiger partial charge on any atom is -0.496 e. The van der Waals surface area contributed by atoms with Crippen LogP contribution in [0, 0.1) is 5.82 Å². The SMILES string of the molecule is COc1cc(C[NH3+])ccc1OC(=O)O[C@H](c1cc(C(F)(F)F)cc(C(F)(F)F)c1)[C@H](C)[NH2+]Cc1cc(C(F)(F)F)ccc1-c1cc(C(C)C)c(F)cc1OC. The Morgan fingerprint density at radius 1 is 0.709 bits per heavy atom. The van der Waals surface area contributed by atoms with Crippen LogP contribution in [0.15, 0.2) is 66.7 Å². The zero-order valence-electron chi connectivity index (χ0n) is 30.1. The maximum absolute atomic E-state index is 14.9. The van der Waals surface area contributed by atoms with Crippen LogP contribution in [0.1, 0.15) is 71.7 Å². The number of carbonyl (C=O) groups excluding carboxylic acids is 1. The first-order chi connectivity index (χ1) is 25.6. The predicted octanol–water partition coefficient (Wildman–Crippen LogP) is 8.84. The normalized spacial score (nSPS) is 13.4. The number of hydrogen-bond acceptors (Lipinski definition) is 5. The molecule has 0 amide bonds. The quantitative estimate of drug-likeness (QED) is 0.0850. The maximum Gasteiger partial charge on any atom is 0.514 e. The van der Waals surface area contributed by atoms with E-state index < -0.39 is 71.4 Å². The number of alkyl halides is 9. The molecule has 0 unspecified atom stereocenters. The van der Waals surface area contributed by atoms with Gasteiger partial charge in [-0.1, -0.05) is 19.9 Å². The summed E-state index contributed by atoms with van der Waals surface area (Å²) in [6.45, 7) is 4.63. The van der Waals surface area contributed by atoms with Gasteiger partial charge in [0.15, 0.2) is 17.6 Å². The summed E-state index contributed by atoms with van der Waals surface area (Å²) in [5.41, 5.74) is -0.166. The number of halogens is 10. The van der Waals surface area contributed by atoms with E-state index >= 15 is 0 Å². The average molecular weight is 793 g/mol. The number of methoxy groups -OCH3 is 2. The van der Waals surface area contributed by atoms with Crippen LogP contribution in [0.2, 0.25) is 0 Å². The molecule has 55 heavy (non-hydrogen) atoms. The second-order valence-electron chi connectivity index (χ2n) is 12.9. The molecule has 4 rings (SSSR count). The highest BCUT2D eigenvalue weighted by atomic mass is 19.4. The van der Waals surface area contributed by atoms with E-state index in [0.29, 0.717) is 24.2 Å². The Morgan fingerprint density at radius 2 is 1.31 bits per heavy atom. The molecule has 4 aromatic rings. The van der Waals surface area contributed by atoms with Crippen LogP contribution in [-0.4, -0.2) is 26.4 Å². The second-order valence-corrected chi connectivity index (χ2v) is 12.9. The second kappa shape index (κ2) is 16.8. The Kier molecular flexibility index (Phi) is 13.0. The third kappa shape index (κ3) is 10.4. The predicted molar refractivity (Wildman–Crippen MR) is 178 cm³/mol. The molecule has 0 spiro atoms. The molecule has 298 valence electrons. The zero-order valence-corrected chi connectivity index (χ0v) is 30.1. The van der Waals surface area contributed by atoms with Crippen molar-refractivity contribution in [1.29, 1.82) is 0 Å². The average Bonchev–Trinajstić information content (AvgIpc) is 3.11. The third-order valence-corrected chi connectivity index (χ3v) is 8.72. The zero-order chi connectivity index (χ0) is 41.0. The molecule has 0 heterocycles. The first kappa shape index (κ1) is 42.7. The van der Waals surface area contributed by atoms with Gasteiger partial charge in [-0.2, -0.15) is 39.5 Å². The van der Waals surface area contributed by atoms with Gasteiger partial charge >= 0.3 is 24.7 Å². The van der Waals surface area contributed by atoms with E-state index in [1.165, 1.54) is 50.7 Å². The molecule has 2 atom stereocenters. The highest BCUT2D eigenvalue weighted by Crippen LogP contribution is 2.41. The Balaban J connectivity index is 1.82. The van der Waals surface area contributed by atoms with Gasteiger partial charge in [-0.15, -0.1) is 0 Å². The Labute approximate surface area is 309 Å². The van der Waals surface area contributed by atoms with Gasteiger partial charge in [0.1, 0.15) is 24.2 Å². The summed E-state index contributed by atoms with van der Waals surface area (Å²) in [5.74, 6) is -1.12. The lowest BCUT2D eigenvalue weighted by molar-refractivity contribution is -0.708. The number of hydrogen-bond donors (Lipinski definition) is 2. The van der Waals surface area contributed by atoms with E-state index in [0.717, 1.165) is 24.3 Å². The molecule has 0 aromatic heterocycles. The fourth-order valence-electron chi connectivity index (χ4n) is 5.82. The molecule has 0 fully saturated rings. The summed E-state index contributed by atoms with van der Waals surface area (Å²) >= 11 is 0. The van der Waals surface area contributed by atoms with Crippen LogP contribution in [-0.2, 0) is 36.4 Å². The molecule has 4 aromatic carbocycles. The molecule has 0 aliphatic carbocycles. The van der Waals surface area contributed by atoms with Gasteiger partial charge in [0, 0.05) is 22.8 Å². The molecule has 0 radical (unpaired) electrons. The molecule has 0 saturated carbocycles. The van der Waals surface area contributed by atoms with E-state index in [2.05, 4.69) is 5.73 Å². The van der Waals surface area contributed by atoms with Gasteiger partial charge in [-0.3, -0.25) is 0 Å². The first-order valence-corrected chi connectivity index (χ1v) is 16.6. The number of rotatable bonds is 12. The first-order valence-electron chi connectivity index (χ1n) is 16.6. The molecule has 0 bridgehead atoms. The van der Waals surface area contributed by atoms with Gasteiger partial charge in [0.2, 0.25) is 0 Å². The lowest BCUT2D eigenvalue weighted by Gasteiger charge is -2.25. The largest absolute Gasteiger partial charge is 0.514 e. The highest BCUT2D eigenvalue weighted by Gasteiger charge is 2.40. The molecule has 17 heteroatoms. The van der Waals surface area contributed by atoms with Gasteiger partial charge in [-0.25, -0.2) is 9.18 Å². The summed E-state index contributed by atoms with van der Waals surface area (Å²) in [6, 6.07) is 9.02. The summed E-state index contributed by atoms with van der Waals surface area (Å²) in [4.78, 5) is 13.2. The van der Waals surface area contributed by atoms with E-state index in [4.69, 9.17) is 18.9 Å². The molecular formula is C38H38F10N2O5+2. The molecular weight excluding hydrogens is 754 g/mol. The van der Waals surface area contributed by atoms with Gasteiger partial charge < -0.3 is 30.0 Å². The fourth-order valence-corrected chi connectivity index (χ4v) is 5.82. The minimum atomic E-state index is -5.26. The lowest BCUT2D eigenvalue weighted by atomic mass is 9.92. The lowest BCUT2D eigenvalue weighted by Crippen LogP contribution is -2.89. The summed E-state index contributed by atoms with van der Waals surface area (Å²) in [7, 11) is 2.50.